The molecule has 8 heteroatoms. The van der Waals surface area contributed by atoms with Crippen LogP contribution in [0.5, 0.6) is 5.75 Å². The van der Waals surface area contributed by atoms with Crippen LogP contribution < -0.4 is 4.74 Å². The number of carbonyl (C=O) groups excluding carboxylic acids is 3. The summed E-state index contributed by atoms with van der Waals surface area (Å²) in [5.41, 5.74) is 1.78. The number of hydrogen-bond acceptors (Lipinski definition) is 6. The highest BCUT2D eigenvalue weighted by atomic mass is 16.5. The highest BCUT2D eigenvalue weighted by Crippen LogP contribution is 2.40. The van der Waals surface area contributed by atoms with Crippen molar-refractivity contribution >= 4 is 17.7 Å². The van der Waals surface area contributed by atoms with Gasteiger partial charge in [0, 0.05) is 29.9 Å². The maximum Gasteiger partial charge on any atom is 0.273 e. The summed E-state index contributed by atoms with van der Waals surface area (Å²) in [6.45, 7) is 4.29. The molecule has 1 spiro atoms. The minimum Gasteiger partial charge on any atom is -0.489 e. The summed E-state index contributed by atoms with van der Waals surface area (Å²) in [7, 11) is 0. The molecule has 1 aromatic carbocycles. The SMILES string of the molecule is O=C1c2ccc(O[C@H]3CCCC[C@@H]3N3CCC4(CC3)COC4)cc2CN1N1C(=O)CCCC1=O. The van der Waals surface area contributed by atoms with Crippen molar-refractivity contribution in [1.29, 1.82) is 0 Å². The van der Waals surface area contributed by atoms with E-state index < -0.39 is 0 Å². The van der Waals surface area contributed by atoms with Gasteiger partial charge >= 0.3 is 0 Å². The number of rotatable bonds is 4. The van der Waals surface area contributed by atoms with E-state index in [1.807, 2.05) is 12.1 Å². The van der Waals surface area contributed by atoms with Gasteiger partial charge in [-0.3, -0.25) is 19.3 Å². The third kappa shape index (κ3) is 3.81. The average Bonchev–Trinajstić information content (AvgIpc) is 3.14. The molecule has 6 rings (SSSR count). The fourth-order valence-electron chi connectivity index (χ4n) is 6.34. The largest absolute Gasteiger partial charge is 0.489 e. The first-order valence-electron chi connectivity index (χ1n) is 12.8. The molecule has 34 heavy (non-hydrogen) atoms. The van der Waals surface area contributed by atoms with E-state index in [9.17, 15) is 14.4 Å². The third-order valence-electron chi connectivity index (χ3n) is 8.46. The van der Waals surface area contributed by atoms with E-state index in [1.165, 1.54) is 30.7 Å². The Kier molecular flexibility index (Phi) is 5.60. The van der Waals surface area contributed by atoms with Gasteiger partial charge < -0.3 is 9.47 Å². The van der Waals surface area contributed by atoms with Crippen LogP contribution in [0.15, 0.2) is 18.2 Å². The Morgan fingerprint density at radius 3 is 2.38 bits per heavy atom. The van der Waals surface area contributed by atoms with Crippen LogP contribution in [-0.2, 0) is 20.9 Å². The number of ether oxygens (including phenoxy) is 2. The van der Waals surface area contributed by atoms with Gasteiger partial charge in [-0.05, 0) is 75.4 Å². The Balaban J connectivity index is 1.15. The van der Waals surface area contributed by atoms with Crippen LogP contribution in [0.4, 0.5) is 0 Å². The van der Waals surface area contributed by atoms with Gasteiger partial charge in [-0.25, -0.2) is 5.01 Å². The Bertz CT molecular complexity index is 980. The van der Waals surface area contributed by atoms with Gasteiger partial charge in [0.1, 0.15) is 11.9 Å². The lowest BCUT2D eigenvalue weighted by Crippen LogP contribution is -2.56. The molecule has 4 fully saturated rings. The normalized spacial score (nSPS) is 29.4. The number of fused-ring (bicyclic) bond motifs is 1. The number of nitrogens with zero attached hydrogens (tertiary/aromatic N) is 3. The van der Waals surface area contributed by atoms with Crippen LogP contribution in [0.3, 0.4) is 0 Å². The van der Waals surface area contributed by atoms with E-state index in [0.717, 1.165) is 55.5 Å². The Morgan fingerprint density at radius 2 is 1.68 bits per heavy atom. The molecule has 0 N–H and O–H groups in total. The summed E-state index contributed by atoms with van der Waals surface area (Å²) in [5.74, 6) is -0.114. The van der Waals surface area contributed by atoms with Crippen LogP contribution in [0.25, 0.3) is 0 Å². The average molecular weight is 468 g/mol. The van der Waals surface area contributed by atoms with Crippen LogP contribution in [0.1, 0.15) is 73.7 Å². The zero-order valence-corrected chi connectivity index (χ0v) is 19.7. The lowest BCUT2D eigenvalue weighted by Gasteiger charge is -2.50. The van der Waals surface area contributed by atoms with Gasteiger partial charge in [0.25, 0.3) is 5.91 Å². The zero-order valence-electron chi connectivity index (χ0n) is 19.7. The van der Waals surface area contributed by atoms with Gasteiger partial charge in [0.15, 0.2) is 0 Å². The second-order valence-electron chi connectivity index (χ2n) is 10.7. The maximum atomic E-state index is 13.0. The number of hydrogen-bond donors (Lipinski definition) is 0. The molecule has 182 valence electrons. The van der Waals surface area contributed by atoms with Crippen molar-refractivity contribution in [2.45, 2.75) is 76.5 Å². The smallest absolute Gasteiger partial charge is 0.273 e. The van der Waals surface area contributed by atoms with E-state index in [-0.39, 0.29) is 30.4 Å². The number of hydrazine groups is 1. The molecule has 3 amide bonds. The molecule has 2 atom stereocenters. The molecular formula is C26H33N3O5. The molecule has 8 nitrogen and oxygen atoms in total. The van der Waals surface area contributed by atoms with Crippen LogP contribution in [-0.4, -0.2) is 71.1 Å². The van der Waals surface area contributed by atoms with Crippen molar-refractivity contribution < 1.29 is 23.9 Å². The molecule has 4 aliphatic heterocycles. The second kappa shape index (κ2) is 8.64. The molecule has 3 saturated heterocycles. The first-order valence-corrected chi connectivity index (χ1v) is 12.8. The standard InChI is InChI=1S/C26H33N3O5/c30-23-6-3-7-24(31)29(23)28-15-18-14-19(8-9-20(18)25(28)32)34-22-5-2-1-4-21(22)27-12-10-26(11-13-27)16-33-17-26/h8-9,14,21-22H,1-7,10-13,15-17H2/t21-,22-/m0/s1. The van der Waals surface area contributed by atoms with Crippen molar-refractivity contribution in [3.63, 3.8) is 0 Å². The number of likely N-dealkylation sites (tertiary alicyclic amines) is 1. The van der Waals surface area contributed by atoms with Crippen molar-refractivity contribution in [1.82, 2.24) is 14.9 Å². The molecule has 0 unspecified atom stereocenters. The van der Waals surface area contributed by atoms with E-state index in [0.29, 0.717) is 36.3 Å². The number of benzene rings is 1. The van der Waals surface area contributed by atoms with Gasteiger partial charge in [-0.1, -0.05) is 6.42 Å². The molecule has 4 heterocycles. The molecule has 1 aliphatic carbocycles. The highest BCUT2D eigenvalue weighted by molar-refractivity contribution is 6.04. The molecule has 1 saturated carbocycles. The first kappa shape index (κ1) is 22.0. The molecule has 0 radical (unpaired) electrons. The van der Waals surface area contributed by atoms with Gasteiger partial charge in [-0.15, -0.1) is 0 Å². The summed E-state index contributed by atoms with van der Waals surface area (Å²) in [6, 6.07) is 5.99. The van der Waals surface area contributed by atoms with Crippen LogP contribution >= 0.6 is 0 Å². The molecule has 1 aromatic rings. The predicted molar refractivity (Wildman–Crippen MR) is 123 cm³/mol. The lowest BCUT2D eigenvalue weighted by molar-refractivity contribution is -0.163. The molecule has 5 aliphatic rings. The molecular weight excluding hydrogens is 434 g/mol. The third-order valence-corrected chi connectivity index (χ3v) is 8.46. The summed E-state index contributed by atoms with van der Waals surface area (Å²) < 4.78 is 12.0. The quantitative estimate of drug-likeness (QED) is 0.634. The van der Waals surface area contributed by atoms with Gasteiger partial charge in [0.05, 0.1) is 19.8 Å². The van der Waals surface area contributed by atoms with E-state index in [2.05, 4.69) is 4.90 Å². The van der Waals surface area contributed by atoms with Crippen LogP contribution in [0.2, 0.25) is 0 Å². The number of piperidine rings is 2. The van der Waals surface area contributed by atoms with Gasteiger partial charge in [-0.2, -0.15) is 5.01 Å². The number of imide groups is 1. The fraction of sp³-hybridized carbons (Fsp3) is 0.654. The van der Waals surface area contributed by atoms with Crippen molar-refractivity contribution in [2.75, 3.05) is 26.3 Å². The minimum absolute atomic E-state index is 0.136. The molecule has 0 aromatic heterocycles. The second-order valence-corrected chi connectivity index (χ2v) is 10.7. The monoisotopic (exact) mass is 467 g/mol. The summed E-state index contributed by atoms with van der Waals surface area (Å²) >= 11 is 0. The van der Waals surface area contributed by atoms with E-state index >= 15 is 0 Å². The van der Waals surface area contributed by atoms with E-state index in [4.69, 9.17) is 9.47 Å². The van der Waals surface area contributed by atoms with Crippen LogP contribution in [0, 0.1) is 5.41 Å². The highest BCUT2D eigenvalue weighted by Gasteiger charge is 2.44. The summed E-state index contributed by atoms with van der Waals surface area (Å²) in [6.07, 6.45) is 8.30. The van der Waals surface area contributed by atoms with Crippen molar-refractivity contribution in [2.24, 2.45) is 5.41 Å². The predicted octanol–water partition coefficient (Wildman–Crippen LogP) is 2.90. The Hall–Kier alpha value is -2.45. The lowest BCUT2D eigenvalue weighted by atomic mass is 9.76. The van der Waals surface area contributed by atoms with Crippen molar-refractivity contribution in [3.8, 4) is 5.75 Å². The van der Waals surface area contributed by atoms with E-state index in [1.54, 1.807) is 6.07 Å². The Labute approximate surface area is 200 Å². The molecule has 0 bridgehead atoms. The van der Waals surface area contributed by atoms with Gasteiger partial charge in [0.2, 0.25) is 11.8 Å². The number of amides is 3. The minimum atomic E-state index is -0.296. The summed E-state index contributed by atoms with van der Waals surface area (Å²) in [5, 5.41) is 2.36. The fourth-order valence-corrected chi connectivity index (χ4v) is 6.34. The van der Waals surface area contributed by atoms with Crippen molar-refractivity contribution in [3.05, 3.63) is 29.3 Å². The maximum absolute atomic E-state index is 13.0. The zero-order chi connectivity index (χ0) is 23.3. The first-order chi connectivity index (χ1) is 16.5. The Morgan fingerprint density at radius 1 is 0.941 bits per heavy atom. The number of carbonyl (C=O) groups is 3. The topological polar surface area (TPSA) is 79.4 Å². The summed E-state index contributed by atoms with van der Waals surface area (Å²) in [4.78, 5) is 40.3.